The third kappa shape index (κ3) is 11.9. The number of benzene rings is 1. The van der Waals surface area contributed by atoms with E-state index in [1.54, 1.807) is 0 Å². The van der Waals surface area contributed by atoms with Crippen molar-refractivity contribution in [2.24, 2.45) is 5.73 Å². The standard InChI is InChI=1S/C28H52N10/c29-10-4-2-1-3-5-11-37-26-8-6-25(7-9-26)18-38-28-22-34-15-12-31-19-27(30,20-32-13-16-35-23-28)21-33-14-17-36-24-28/h6-9,31-38H,1-5,11-24,30H2. The third-order valence-electron chi connectivity index (χ3n) is 7.42. The van der Waals surface area contributed by atoms with E-state index in [1.807, 2.05) is 0 Å². The third-order valence-corrected chi connectivity index (χ3v) is 7.42. The molecular formula is C28H52N10. The van der Waals surface area contributed by atoms with Gasteiger partial charge in [0.1, 0.15) is 0 Å². The van der Waals surface area contributed by atoms with E-state index in [0.717, 1.165) is 111 Å². The van der Waals surface area contributed by atoms with Gasteiger partial charge in [-0.15, -0.1) is 0 Å². The smallest absolute Gasteiger partial charge is 0.0621 e. The van der Waals surface area contributed by atoms with Crippen molar-refractivity contribution in [3.63, 3.8) is 0 Å². The van der Waals surface area contributed by atoms with Crippen molar-refractivity contribution in [3.05, 3.63) is 29.8 Å². The van der Waals surface area contributed by atoms with Crippen LogP contribution in [0.4, 0.5) is 5.69 Å². The Bertz CT molecular complexity index is 750. The lowest BCUT2D eigenvalue weighted by molar-refractivity contribution is 0.269. The largest absolute Gasteiger partial charge is 0.385 e. The summed E-state index contributed by atoms with van der Waals surface area (Å²) in [5, 5.41) is 37.8. The summed E-state index contributed by atoms with van der Waals surface area (Å²) in [5.74, 6) is 0. The first kappa shape index (κ1) is 30.7. The van der Waals surface area contributed by atoms with Crippen molar-refractivity contribution in [3.8, 4) is 6.07 Å². The Hall–Kier alpha value is -1.81. The first-order valence-electron chi connectivity index (χ1n) is 14.6. The number of hydrogen-bond acceptors (Lipinski definition) is 10. The van der Waals surface area contributed by atoms with Crippen LogP contribution in [0.3, 0.4) is 0 Å². The lowest BCUT2D eigenvalue weighted by atomic mass is 9.97. The molecule has 3 fully saturated rings. The molecule has 10 N–H and O–H groups in total. The average Bonchev–Trinajstić information content (AvgIpc) is 2.93. The minimum atomic E-state index is -0.302. The van der Waals surface area contributed by atoms with Crippen LogP contribution in [-0.2, 0) is 6.54 Å². The van der Waals surface area contributed by atoms with Gasteiger partial charge in [-0.1, -0.05) is 25.0 Å². The molecule has 214 valence electrons. The molecule has 1 aromatic rings. The van der Waals surface area contributed by atoms with E-state index >= 15 is 0 Å². The zero-order valence-corrected chi connectivity index (χ0v) is 23.3. The number of nitrogens with two attached hydrogens (primary N) is 1. The summed E-state index contributed by atoms with van der Waals surface area (Å²) in [6, 6.07) is 11.0. The molecule has 0 spiro atoms. The molecule has 0 saturated carbocycles. The average molecular weight is 529 g/mol. The summed E-state index contributed by atoms with van der Waals surface area (Å²) in [4.78, 5) is 0. The van der Waals surface area contributed by atoms with Gasteiger partial charge < -0.3 is 48.3 Å². The Morgan fingerprint density at radius 3 is 1.74 bits per heavy atom. The quantitative estimate of drug-likeness (QED) is 0.185. The fourth-order valence-electron chi connectivity index (χ4n) is 5.03. The van der Waals surface area contributed by atoms with Crippen molar-refractivity contribution in [2.45, 2.75) is 49.7 Å². The molecular weight excluding hydrogens is 476 g/mol. The Morgan fingerprint density at radius 2 is 1.21 bits per heavy atom. The molecule has 4 rings (SSSR count). The first-order valence-corrected chi connectivity index (χ1v) is 14.6. The van der Waals surface area contributed by atoms with Crippen molar-refractivity contribution < 1.29 is 0 Å². The molecule has 1 aromatic carbocycles. The van der Waals surface area contributed by atoms with Gasteiger partial charge in [0, 0.05) is 104 Å². The van der Waals surface area contributed by atoms with E-state index < -0.39 is 0 Å². The second-order valence-corrected chi connectivity index (χ2v) is 11.0. The maximum absolute atomic E-state index is 8.63. The van der Waals surface area contributed by atoms with E-state index in [1.165, 1.54) is 17.7 Å². The van der Waals surface area contributed by atoms with Gasteiger partial charge in [-0.25, -0.2) is 0 Å². The highest BCUT2D eigenvalue weighted by Gasteiger charge is 2.30. The fraction of sp³-hybridized carbons (Fsp3) is 0.750. The van der Waals surface area contributed by atoms with Crippen molar-refractivity contribution in [1.82, 2.24) is 37.2 Å². The van der Waals surface area contributed by atoms with Gasteiger partial charge >= 0.3 is 0 Å². The Kier molecular flexibility index (Phi) is 14.3. The zero-order chi connectivity index (χ0) is 26.8. The highest BCUT2D eigenvalue weighted by molar-refractivity contribution is 5.44. The second-order valence-electron chi connectivity index (χ2n) is 11.0. The molecule has 10 nitrogen and oxygen atoms in total. The van der Waals surface area contributed by atoms with Crippen LogP contribution in [0.15, 0.2) is 24.3 Å². The van der Waals surface area contributed by atoms with E-state index in [4.69, 9.17) is 11.0 Å². The predicted octanol–water partition coefficient (Wildman–Crippen LogP) is -0.337. The van der Waals surface area contributed by atoms with Gasteiger partial charge in [0.25, 0.3) is 0 Å². The zero-order valence-electron chi connectivity index (χ0n) is 23.3. The molecule has 3 aliphatic heterocycles. The SMILES string of the molecule is N#CCCCCCCNc1ccc(CNC23CNCCNCC(N)(CNCCNC2)CNCCNC3)cc1. The molecule has 2 bridgehead atoms. The van der Waals surface area contributed by atoms with Gasteiger partial charge in [-0.2, -0.15) is 5.26 Å². The van der Waals surface area contributed by atoms with Crippen molar-refractivity contribution >= 4 is 5.69 Å². The molecule has 3 saturated heterocycles. The number of unbranched alkanes of at least 4 members (excludes halogenated alkanes) is 4. The molecule has 0 aromatic heterocycles. The van der Waals surface area contributed by atoms with Gasteiger partial charge in [0.2, 0.25) is 0 Å². The van der Waals surface area contributed by atoms with Crippen LogP contribution in [0.1, 0.15) is 37.7 Å². The lowest BCUT2D eigenvalue weighted by Crippen LogP contribution is -2.66. The molecule has 0 unspecified atom stereocenters. The Morgan fingerprint density at radius 1 is 0.711 bits per heavy atom. The topological polar surface area (TPSA) is 146 Å². The molecule has 3 heterocycles. The van der Waals surface area contributed by atoms with E-state index in [-0.39, 0.29) is 11.1 Å². The Labute approximate surface area is 230 Å². The van der Waals surface area contributed by atoms with E-state index in [9.17, 15) is 0 Å². The van der Waals surface area contributed by atoms with Crippen molar-refractivity contribution in [1.29, 1.82) is 5.26 Å². The van der Waals surface area contributed by atoms with Crippen LogP contribution in [0.5, 0.6) is 0 Å². The summed E-state index contributed by atoms with van der Waals surface area (Å²) in [5.41, 5.74) is 8.73. The number of nitriles is 1. The fourth-order valence-corrected chi connectivity index (χ4v) is 5.03. The number of fused-ring (bicyclic) bond motifs is 15. The summed E-state index contributed by atoms with van der Waals surface area (Å²) in [6.45, 7) is 12.1. The van der Waals surface area contributed by atoms with Crippen LogP contribution < -0.4 is 48.3 Å². The minimum absolute atomic E-state index is 0.117. The normalized spacial score (nSPS) is 26.2. The maximum atomic E-state index is 8.63. The molecule has 0 atom stereocenters. The molecule has 10 heteroatoms. The monoisotopic (exact) mass is 528 g/mol. The number of nitrogens with zero attached hydrogens (tertiary/aromatic N) is 1. The van der Waals surface area contributed by atoms with Gasteiger partial charge in [0.05, 0.1) is 17.1 Å². The summed E-state index contributed by atoms with van der Waals surface area (Å²) in [7, 11) is 0. The molecule has 0 aliphatic carbocycles. The summed E-state index contributed by atoms with van der Waals surface area (Å²) >= 11 is 0. The molecule has 0 amide bonds. The summed E-state index contributed by atoms with van der Waals surface area (Å²) < 4.78 is 0. The minimum Gasteiger partial charge on any atom is -0.385 e. The van der Waals surface area contributed by atoms with Gasteiger partial charge in [0.15, 0.2) is 0 Å². The molecule has 0 radical (unpaired) electrons. The number of rotatable bonds is 10. The Balaban J connectivity index is 1.54. The first-order chi connectivity index (χ1) is 18.6. The predicted molar refractivity (Wildman–Crippen MR) is 157 cm³/mol. The number of nitrogens with one attached hydrogen (secondary N) is 8. The van der Waals surface area contributed by atoms with E-state index in [2.05, 4.69) is 72.9 Å². The highest BCUT2D eigenvalue weighted by atomic mass is 15.1. The maximum Gasteiger partial charge on any atom is 0.0621 e. The molecule has 38 heavy (non-hydrogen) atoms. The van der Waals surface area contributed by atoms with Crippen LogP contribution in [-0.4, -0.2) is 96.2 Å². The highest BCUT2D eigenvalue weighted by Crippen LogP contribution is 2.12. The van der Waals surface area contributed by atoms with Crippen LogP contribution in [0.25, 0.3) is 0 Å². The number of hydrogen-bond donors (Lipinski definition) is 9. The van der Waals surface area contributed by atoms with Gasteiger partial charge in [-0.05, 0) is 30.5 Å². The van der Waals surface area contributed by atoms with Crippen LogP contribution in [0, 0.1) is 11.3 Å². The van der Waals surface area contributed by atoms with E-state index in [0.29, 0.717) is 6.42 Å². The van der Waals surface area contributed by atoms with Crippen LogP contribution in [0.2, 0.25) is 0 Å². The van der Waals surface area contributed by atoms with Crippen LogP contribution >= 0.6 is 0 Å². The number of anilines is 1. The van der Waals surface area contributed by atoms with Crippen molar-refractivity contribution in [2.75, 3.05) is 90.4 Å². The molecule has 3 aliphatic rings. The second kappa shape index (κ2) is 17.7. The lowest BCUT2D eigenvalue weighted by Gasteiger charge is -2.37. The van der Waals surface area contributed by atoms with Gasteiger partial charge in [-0.3, -0.25) is 0 Å². The summed E-state index contributed by atoms with van der Waals surface area (Å²) in [6.07, 6.45) is 5.13.